The second kappa shape index (κ2) is 12.4. The average Bonchev–Trinajstić information content (AvgIpc) is 3.53. The van der Waals surface area contributed by atoms with Crippen LogP contribution in [0.1, 0.15) is 20.7 Å². The number of hydrogen-bond acceptors (Lipinski definition) is 5. The zero-order valence-electron chi connectivity index (χ0n) is 17.8. The van der Waals surface area contributed by atoms with E-state index in [-0.39, 0.29) is 11.5 Å². The number of nitrogens with one attached hydrogen (secondary N) is 1. The van der Waals surface area contributed by atoms with E-state index in [9.17, 15) is 9.59 Å². The molecule has 0 saturated carbocycles. The van der Waals surface area contributed by atoms with Crippen LogP contribution in [0.2, 0.25) is 0 Å². The Bertz CT molecular complexity index is 1120. The van der Waals surface area contributed by atoms with Crippen LogP contribution in [0, 0.1) is 0 Å². The Kier molecular flexibility index (Phi) is 9.61. The molecule has 32 heavy (non-hydrogen) atoms. The first-order valence-corrected chi connectivity index (χ1v) is 11.5. The molecule has 0 aliphatic rings. The van der Waals surface area contributed by atoms with Gasteiger partial charge < -0.3 is 19.4 Å². The lowest BCUT2D eigenvalue weighted by Crippen LogP contribution is -2.00. The SMILES string of the molecule is CI.COC(=O)c1ccc(-c2cn(C)cn2)cc1.O=C(O)c1ccc(-c2cnc[nH]2)cc1. The maximum atomic E-state index is 11.2. The lowest BCUT2D eigenvalue weighted by atomic mass is 10.1. The highest BCUT2D eigenvalue weighted by Gasteiger charge is 2.06. The van der Waals surface area contributed by atoms with Crippen molar-refractivity contribution in [1.29, 1.82) is 0 Å². The van der Waals surface area contributed by atoms with Crippen molar-refractivity contribution in [2.24, 2.45) is 7.05 Å². The van der Waals surface area contributed by atoms with Gasteiger partial charge in [0.15, 0.2) is 0 Å². The van der Waals surface area contributed by atoms with Crippen molar-refractivity contribution in [2.45, 2.75) is 0 Å². The molecule has 0 aliphatic carbocycles. The van der Waals surface area contributed by atoms with Gasteiger partial charge in [0.1, 0.15) is 0 Å². The Balaban J connectivity index is 0.000000212. The summed E-state index contributed by atoms with van der Waals surface area (Å²) in [5.74, 6) is -1.24. The van der Waals surface area contributed by atoms with Gasteiger partial charge in [0.2, 0.25) is 0 Å². The summed E-state index contributed by atoms with van der Waals surface area (Å²) in [6.45, 7) is 0. The van der Waals surface area contributed by atoms with Gasteiger partial charge in [-0.05, 0) is 34.8 Å². The molecule has 4 rings (SSSR count). The minimum Gasteiger partial charge on any atom is -0.478 e. The van der Waals surface area contributed by atoms with E-state index in [2.05, 4.69) is 42.3 Å². The molecule has 0 amide bonds. The van der Waals surface area contributed by atoms with Gasteiger partial charge in [-0.15, -0.1) is 0 Å². The number of methoxy groups -OCH3 is 1. The lowest BCUT2D eigenvalue weighted by Gasteiger charge is -2.00. The third kappa shape index (κ3) is 6.77. The number of aromatic amines is 1. The van der Waals surface area contributed by atoms with Crippen LogP contribution in [0.4, 0.5) is 0 Å². The highest BCUT2D eigenvalue weighted by atomic mass is 127. The number of carboxylic acid groups (broad SMARTS) is 1. The number of rotatable bonds is 4. The number of halogens is 1. The quantitative estimate of drug-likeness (QED) is 0.218. The van der Waals surface area contributed by atoms with Crippen molar-refractivity contribution in [3.05, 3.63) is 84.7 Å². The van der Waals surface area contributed by atoms with Crippen molar-refractivity contribution in [2.75, 3.05) is 12.0 Å². The fourth-order valence-corrected chi connectivity index (χ4v) is 2.66. The lowest BCUT2D eigenvalue weighted by molar-refractivity contribution is 0.0600. The number of H-pyrrole nitrogens is 1. The monoisotopic (exact) mass is 546 g/mol. The van der Waals surface area contributed by atoms with E-state index in [1.807, 2.05) is 34.9 Å². The third-order valence-corrected chi connectivity index (χ3v) is 4.25. The number of carbonyl (C=O) groups excluding carboxylic acids is 1. The second-order valence-corrected chi connectivity index (χ2v) is 6.34. The minimum atomic E-state index is -0.916. The predicted octanol–water partition coefficient (Wildman–Crippen LogP) is 4.70. The number of hydrogen-bond donors (Lipinski definition) is 2. The van der Waals surface area contributed by atoms with Crippen molar-refractivity contribution in [3.63, 3.8) is 0 Å². The van der Waals surface area contributed by atoms with Gasteiger partial charge in [0.25, 0.3) is 0 Å². The molecule has 8 nitrogen and oxygen atoms in total. The third-order valence-electron chi connectivity index (χ3n) is 4.25. The molecule has 166 valence electrons. The van der Waals surface area contributed by atoms with E-state index in [0.29, 0.717) is 5.56 Å². The van der Waals surface area contributed by atoms with Crippen molar-refractivity contribution >= 4 is 34.5 Å². The number of imidazole rings is 2. The number of carboxylic acids is 1. The number of nitrogens with zero attached hydrogens (tertiary/aromatic N) is 3. The highest BCUT2D eigenvalue weighted by Crippen LogP contribution is 2.18. The van der Waals surface area contributed by atoms with Crippen LogP contribution in [0.15, 0.2) is 73.6 Å². The fourth-order valence-electron chi connectivity index (χ4n) is 2.66. The molecule has 0 saturated heterocycles. The molecule has 0 aliphatic heterocycles. The number of aromatic nitrogens is 4. The number of esters is 1. The topological polar surface area (TPSA) is 110 Å². The van der Waals surface area contributed by atoms with E-state index in [1.165, 1.54) is 7.11 Å². The Morgan fingerprint density at radius 2 is 1.59 bits per heavy atom. The van der Waals surface area contributed by atoms with Crippen LogP contribution >= 0.6 is 22.6 Å². The minimum absolute atomic E-state index is 0.285. The van der Waals surface area contributed by atoms with Gasteiger partial charge in [0.05, 0.1) is 48.5 Å². The number of ether oxygens (including phenoxy) is 1. The summed E-state index contributed by atoms with van der Waals surface area (Å²) in [5.41, 5.74) is 4.50. The summed E-state index contributed by atoms with van der Waals surface area (Å²) in [6.07, 6.45) is 6.94. The van der Waals surface area contributed by atoms with Gasteiger partial charge in [-0.25, -0.2) is 19.6 Å². The molecule has 0 radical (unpaired) electrons. The van der Waals surface area contributed by atoms with Crippen LogP contribution in [-0.2, 0) is 11.8 Å². The molecule has 0 unspecified atom stereocenters. The van der Waals surface area contributed by atoms with E-state index >= 15 is 0 Å². The largest absolute Gasteiger partial charge is 0.478 e. The van der Waals surface area contributed by atoms with Crippen LogP contribution in [0.3, 0.4) is 0 Å². The summed E-state index contributed by atoms with van der Waals surface area (Å²) in [6, 6.07) is 13.8. The number of alkyl halides is 1. The summed E-state index contributed by atoms with van der Waals surface area (Å²) in [7, 11) is 3.29. The molecule has 0 fully saturated rings. The number of aromatic carboxylic acids is 1. The van der Waals surface area contributed by atoms with Crippen LogP contribution < -0.4 is 0 Å². The number of carbonyl (C=O) groups is 2. The normalized spacial score (nSPS) is 9.62. The maximum Gasteiger partial charge on any atom is 0.337 e. The molecule has 2 aromatic heterocycles. The van der Waals surface area contributed by atoms with Crippen LogP contribution in [0.5, 0.6) is 0 Å². The highest BCUT2D eigenvalue weighted by molar-refractivity contribution is 14.1. The average molecular weight is 546 g/mol. The Morgan fingerprint density at radius 3 is 2.06 bits per heavy atom. The van der Waals surface area contributed by atoms with Gasteiger partial charge in [-0.3, -0.25) is 0 Å². The zero-order chi connectivity index (χ0) is 23.5. The molecule has 4 aromatic rings. The summed E-state index contributed by atoms with van der Waals surface area (Å²) >= 11 is 2.15. The van der Waals surface area contributed by atoms with Crippen molar-refractivity contribution in [1.82, 2.24) is 19.5 Å². The molecular formula is C23H23IN4O4. The molecule has 0 atom stereocenters. The molecule has 0 bridgehead atoms. The molecule has 2 aromatic carbocycles. The summed E-state index contributed by atoms with van der Waals surface area (Å²) in [4.78, 5) is 34.8. The van der Waals surface area contributed by atoms with Gasteiger partial charge in [-0.2, -0.15) is 0 Å². The van der Waals surface area contributed by atoms with E-state index < -0.39 is 5.97 Å². The second-order valence-electron chi connectivity index (χ2n) is 6.34. The predicted molar refractivity (Wildman–Crippen MR) is 131 cm³/mol. The fraction of sp³-hybridized carbons (Fsp3) is 0.130. The van der Waals surface area contributed by atoms with E-state index in [0.717, 1.165) is 22.5 Å². The first kappa shape index (κ1) is 24.8. The molecule has 0 spiro atoms. The zero-order valence-corrected chi connectivity index (χ0v) is 20.0. The Labute approximate surface area is 199 Å². The van der Waals surface area contributed by atoms with Crippen molar-refractivity contribution < 1.29 is 19.4 Å². The van der Waals surface area contributed by atoms with Crippen LogP contribution in [-0.4, -0.2) is 48.6 Å². The maximum absolute atomic E-state index is 11.2. The first-order valence-electron chi connectivity index (χ1n) is 9.34. The summed E-state index contributed by atoms with van der Waals surface area (Å²) in [5, 5.41) is 8.69. The standard InChI is InChI=1S/C12H12N2O2.C10H8N2O2.CH3I/c1-14-7-11(13-8-14)9-3-5-10(6-4-9)12(15)16-2;13-10(14)8-3-1-7(2-4-8)9-5-11-6-12-9;1-2/h3-8H,1-2H3;1-6H,(H,11,12)(H,13,14);1H3. The molecular weight excluding hydrogens is 523 g/mol. The van der Waals surface area contributed by atoms with Crippen LogP contribution in [0.25, 0.3) is 22.5 Å². The summed E-state index contributed by atoms with van der Waals surface area (Å²) < 4.78 is 6.51. The first-order chi connectivity index (χ1) is 15.5. The molecule has 9 heteroatoms. The Hall–Kier alpha value is -3.47. The number of benzene rings is 2. The van der Waals surface area contributed by atoms with Crippen molar-refractivity contribution in [3.8, 4) is 22.5 Å². The van der Waals surface area contributed by atoms with E-state index in [4.69, 9.17) is 5.11 Å². The van der Waals surface area contributed by atoms with Gasteiger partial charge in [0, 0.05) is 18.8 Å². The van der Waals surface area contributed by atoms with E-state index in [1.54, 1.807) is 55.2 Å². The van der Waals surface area contributed by atoms with Gasteiger partial charge in [-0.1, -0.05) is 46.9 Å². The molecule has 2 N–H and O–H groups in total. The smallest absolute Gasteiger partial charge is 0.337 e. The molecule has 2 heterocycles. The van der Waals surface area contributed by atoms with Gasteiger partial charge >= 0.3 is 11.9 Å². The number of aryl methyl sites for hydroxylation is 1. The Morgan fingerprint density at radius 1 is 1.00 bits per heavy atom.